The van der Waals surface area contributed by atoms with Gasteiger partial charge in [-0.15, -0.1) is 0 Å². The van der Waals surface area contributed by atoms with Crippen molar-refractivity contribution in [3.63, 3.8) is 0 Å². The topological polar surface area (TPSA) is 51.0 Å². The van der Waals surface area contributed by atoms with Crippen molar-refractivity contribution in [1.82, 2.24) is 15.3 Å². The van der Waals surface area contributed by atoms with E-state index < -0.39 is 0 Å². The molecule has 0 amide bonds. The van der Waals surface area contributed by atoms with Gasteiger partial charge in [-0.25, -0.2) is 9.97 Å². The number of hydrogen-bond donors (Lipinski definition) is 1. The second-order valence-corrected chi connectivity index (χ2v) is 3.56. The number of aromatic nitrogens is 2. The summed E-state index contributed by atoms with van der Waals surface area (Å²) in [6, 6.07) is 3.82. The lowest BCUT2D eigenvalue weighted by Crippen LogP contribution is -2.22. The van der Waals surface area contributed by atoms with Crippen LogP contribution in [0.3, 0.4) is 0 Å². The summed E-state index contributed by atoms with van der Waals surface area (Å²) in [5.74, 6) is 2.49. The van der Waals surface area contributed by atoms with Crippen LogP contribution < -0.4 is 5.32 Å². The highest BCUT2D eigenvalue weighted by Gasteiger charge is 2.16. The van der Waals surface area contributed by atoms with Crippen molar-refractivity contribution in [3.8, 4) is 11.6 Å². The third kappa shape index (κ3) is 1.53. The molecule has 3 heterocycles. The fourth-order valence-electron chi connectivity index (χ4n) is 1.79. The highest BCUT2D eigenvalue weighted by molar-refractivity contribution is 5.49. The number of nitrogens with zero attached hydrogens (tertiary/aromatic N) is 2. The molecular weight excluding hydrogens is 190 g/mol. The van der Waals surface area contributed by atoms with E-state index in [1.165, 1.54) is 5.56 Å². The van der Waals surface area contributed by atoms with Gasteiger partial charge in [-0.2, -0.15) is 0 Å². The maximum Gasteiger partial charge on any atom is 0.195 e. The van der Waals surface area contributed by atoms with Crippen LogP contribution in [0, 0.1) is 0 Å². The Morgan fingerprint density at radius 1 is 1.27 bits per heavy atom. The highest BCUT2D eigenvalue weighted by Crippen LogP contribution is 2.24. The second kappa shape index (κ2) is 3.47. The van der Waals surface area contributed by atoms with Crippen molar-refractivity contribution in [2.45, 2.75) is 13.0 Å². The van der Waals surface area contributed by atoms with Crippen molar-refractivity contribution in [2.75, 3.05) is 6.54 Å². The van der Waals surface area contributed by atoms with E-state index in [1.807, 2.05) is 6.07 Å². The third-order valence-corrected chi connectivity index (χ3v) is 2.53. The van der Waals surface area contributed by atoms with Crippen LogP contribution in [0.2, 0.25) is 0 Å². The van der Waals surface area contributed by atoms with Gasteiger partial charge in [0.2, 0.25) is 0 Å². The lowest BCUT2D eigenvalue weighted by atomic mass is 10.1. The molecule has 4 heteroatoms. The normalized spacial score (nSPS) is 14.9. The lowest BCUT2D eigenvalue weighted by Gasteiger charge is -2.09. The second-order valence-electron chi connectivity index (χ2n) is 3.56. The Morgan fingerprint density at radius 3 is 2.93 bits per heavy atom. The molecule has 2 aromatic rings. The van der Waals surface area contributed by atoms with E-state index in [0.717, 1.165) is 31.0 Å². The van der Waals surface area contributed by atoms with Crippen LogP contribution in [0.25, 0.3) is 11.6 Å². The van der Waals surface area contributed by atoms with Gasteiger partial charge in [0.25, 0.3) is 0 Å². The number of hydrogen-bond acceptors (Lipinski definition) is 4. The fraction of sp³-hybridized carbons (Fsp3) is 0.273. The predicted octanol–water partition coefficient (Wildman–Crippen LogP) is 1.38. The zero-order valence-electron chi connectivity index (χ0n) is 8.23. The first-order valence-electron chi connectivity index (χ1n) is 5.03. The quantitative estimate of drug-likeness (QED) is 0.757. The number of nitrogens with one attached hydrogen (secondary N) is 1. The van der Waals surface area contributed by atoms with Gasteiger partial charge in [0.05, 0.1) is 0 Å². The summed E-state index contributed by atoms with van der Waals surface area (Å²) in [6.07, 6.45) is 4.40. The van der Waals surface area contributed by atoms with Crippen molar-refractivity contribution < 1.29 is 4.42 Å². The van der Waals surface area contributed by atoms with Gasteiger partial charge in [0.1, 0.15) is 5.76 Å². The molecule has 3 rings (SSSR count). The van der Waals surface area contributed by atoms with Crippen LogP contribution >= 0.6 is 0 Å². The summed E-state index contributed by atoms with van der Waals surface area (Å²) < 4.78 is 5.73. The average molecular weight is 201 g/mol. The van der Waals surface area contributed by atoms with E-state index >= 15 is 0 Å². The molecule has 76 valence electrons. The molecule has 0 fully saturated rings. The molecule has 2 aromatic heterocycles. The maximum absolute atomic E-state index is 5.73. The number of furan rings is 1. The van der Waals surface area contributed by atoms with Crippen molar-refractivity contribution in [1.29, 1.82) is 0 Å². The standard InChI is InChI=1S/C11H11N3O/c1-3-13-11(14-4-1)10-6-8-7-12-5-2-9(8)15-10/h1,3-4,6,12H,2,5,7H2. The molecule has 0 aliphatic carbocycles. The molecule has 0 saturated carbocycles. The first-order valence-corrected chi connectivity index (χ1v) is 5.03. The summed E-state index contributed by atoms with van der Waals surface area (Å²) in [4.78, 5) is 8.33. The molecular formula is C11H11N3O. The minimum Gasteiger partial charge on any atom is -0.457 e. The first kappa shape index (κ1) is 8.61. The smallest absolute Gasteiger partial charge is 0.195 e. The van der Waals surface area contributed by atoms with E-state index in [0.29, 0.717) is 5.82 Å². The van der Waals surface area contributed by atoms with Crippen LogP contribution in [0.4, 0.5) is 0 Å². The van der Waals surface area contributed by atoms with Crippen LogP contribution in [0.5, 0.6) is 0 Å². The Bertz CT molecular complexity index is 440. The van der Waals surface area contributed by atoms with E-state index in [-0.39, 0.29) is 0 Å². The van der Waals surface area contributed by atoms with E-state index in [9.17, 15) is 0 Å². The summed E-state index contributed by atoms with van der Waals surface area (Å²) in [5, 5.41) is 3.30. The molecule has 0 unspecified atom stereocenters. The first-order chi connectivity index (χ1) is 7.43. The zero-order valence-corrected chi connectivity index (χ0v) is 8.23. The molecule has 0 radical (unpaired) electrons. The minimum absolute atomic E-state index is 0.659. The van der Waals surface area contributed by atoms with Gasteiger partial charge >= 0.3 is 0 Å². The van der Waals surface area contributed by atoms with Gasteiger partial charge in [0, 0.05) is 37.5 Å². The molecule has 1 aliphatic heterocycles. The van der Waals surface area contributed by atoms with Gasteiger partial charge in [-0.3, -0.25) is 0 Å². The number of fused-ring (bicyclic) bond motifs is 1. The highest BCUT2D eigenvalue weighted by atomic mass is 16.3. The molecule has 0 spiro atoms. The summed E-state index contributed by atoms with van der Waals surface area (Å²) >= 11 is 0. The fourth-order valence-corrected chi connectivity index (χ4v) is 1.79. The van der Waals surface area contributed by atoms with Crippen molar-refractivity contribution >= 4 is 0 Å². The Morgan fingerprint density at radius 2 is 2.13 bits per heavy atom. The van der Waals surface area contributed by atoms with Gasteiger partial charge in [-0.05, 0) is 12.1 Å². The summed E-state index contributed by atoms with van der Waals surface area (Å²) in [6.45, 7) is 1.86. The van der Waals surface area contributed by atoms with Crippen molar-refractivity contribution in [2.24, 2.45) is 0 Å². The largest absolute Gasteiger partial charge is 0.457 e. The van der Waals surface area contributed by atoms with Crippen LogP contribution in [-0.2, 0) is 13.0 Å². The van der Waals surface area contributed by atoms with Gasteiger partial charge in [-0.1, -0.05) is 0 Å². The summed E-state index contributed by atoms with van der Waals surface area (Å²) in [5.41, 5.74) is 1.23. The van der Waals surface area contributed by atoms with E-state index in [1.54, 1.807) is 18.5 Å². The maximum atomic E-state index is 5.73. The minimum atomic E-state index is 0.659. The third-order valence-electron chi connectivity index (χ3n) is 2.53. The average Bonchev–Trinajstić information content (AvgIpc) is 2.74. The molecule has 15 heavy (non-hydrogen) atoms. The molecule has 1 N–H and O–H groups in total. The molecule has 1 aliphatic rings. The zero-order chi connectivity index (χ0) is 10.1. The summed E-state index contributed by atoms with van der Waals surface area (Å²) in [7, 11) is 0. The van der Waals surface area contributed by atoms with E-state index in [4.69, 9.17) is 4.42 Å². The molecule has 0 aromatic carbocycles. The van der Waals surface area contributed by atoms with E-state index in [2.05, 4.69) is 15.3 Å². The van der Waals surface area contributed by atoms with Crippen LogP contribution in [0.1, 0.15) is 11.3 Å². The van der Waals surface area contributed by atoms with Crippen LogP contribution in [-0.4, -0.2) is 16.5 Å². The SMILES string of the molecule is c1cnc(-c2cc3c(o2)CCNC3)nc1. The molecule has 0 atom stereocenters. The monoisotopic (exact) mass is 201 g/mol. The lowest BCUT2D eigenvalue weighted by molar-refractivity contribution is 0.481. The van der Waals surface area contributed by atoms with Crippen molar-refractivity contribution in [3.05, 3.63) is 35.9 Å². The van der Waals surface area contributed by atoms with Gasteiger partial charge < -0.3 is 9.73 Å². The molecule has 4 nitrogen and oxygen atoms in total. The molecule has 0 bridgehead atoms. The van der Waals surface area contributed by atoms with Gasteiger partial charge in [0.15, 0.2) is 11.6 Å². The molecule has 0 saturated heterocycles. The Kier molecular flexibility index (Phi) is 1.99. The predicted molar refractivity (Wildman–Crippen MR) is 55.1 cm³/mol. The Labute approximate surface area is 87.4 Å². The van der Waals surface area contributed by atoms with Crippen LogP contribution in [0.15, 0.2) is 28.9 Å². The number of rotatable bonds is 1. The Hall–Kier alpha value is -1.68. The Balaban J connectivity index is 2.03.